The molecule has 4 atom stereocenters. The average molecular weight is 388 g/mol. The maximum atomic E-state index is 12.2. The van der Waals surface area contributed by atoms with E-state index in [1.165, 1.54) is 4.57 Å². The van der Waals surface area contributed by atoms with Crippen LogP contribution in [0, 0.1) is 0 Å². The van der Waals surface area contributed by atoms with Crippen molar-refractivity contribution in [3.8, 4) is 0 Å². The van der Waals surface area contributed by atoms with E-state index in [-0.39, 0.29) is 23.1 Å². The van der Waals surface area contributed by atoms with Crippen LogP contribution in [0.1, 0.15) is 11.8 Å². The van der Waals surface area contributed by atoms with Crippen LogP contribution in [0.3, 0.4) is 0 Å². The lowest BCUT2D eigenvalue weighted by atomic mass is 10.1. The van der Waals surface area contributed by atoms with Crippen LogP contribution in [0.5, 0.6) is 0 Å². The molecule has 2 aromatic heterocycles. The molecule has 1 aromatic carbocycles. The van der Waals surface area contributed by atoms with Gasteiger partial charge in [-0.05, 0) is 5.56 Å². The number of nitrogens with one attached hydrogen (secondary N) is 2. The molecule has 1 saturated heterocycles. The van der Waals surface area contributed by atoms with Gasteiger partial charge in [-0.1, -0.05) is 30.3 Å². The fourth-order valence-electron chi connectivity index (χ4n) is 3.24. The predicted octanol–water partition coefficient (Wildman–Crippen LogP) is -1.07. The summed E-state index contributed by atoms with van der Waals surface area (Å²) in [7, 11) is 0. The van der Waals surface area contributed by atoms with Crippen LogP contribution in [0.15, 0.2) is 35.1 Å². The lowest BCUT2D eigenvalue weighted by molar-refractivity contribution is -0.0501. The van der Waals surface area contributed by atoms with E-state index in [2.05, 4.69) is 20.3 Å². The lowest BCUT2D eigenvalue weighted by Gasteiger charge is -2.19. The number of hydrogen-bond donors (Lipinski definition) is 6. The molecule has 148 valence electrons. The SMILES string of the molecule is Nc1nc2c(nc(NCc3ccccc3)n2[C@@H]2O[C@H](CO)[C@@H](O)[C@H]2O)c(=O)[nH]1. The first-order valence-electron chi connectivity index (χ1n) is 8.67. The third-order valence-electron chi connectivity index (χ3n) is 4.63. The molecule has 0 aliphatic carbocycles. The van der Waals surface area contributed by atoms with E-state index in [4.69, 9.17) is 10.5 Å². The van der Waals surface area contributed by atoms with Crippen LogP contribution in [0.25, 0.3) is 11.2 Å². The molecule has 11 heteroatoms. The standard InChI is InChI=1S/C17H20N6O5/c18-16-21-13-10(14(27)22-16)20-17(19-6-8-4-2-1-3-5-8)23(13)15-12(26)11(25)9(7-24)28-15/h1-5,9,11-12,15,24-26H,6-7H2,(H,19,20)(H3,18,21,22,27)/t9-,11-,12-,15-/m1/s1. The Kier molecular flexibility index (Phi) is 4.73. The molecule has 1 fully saturated rings. The number of aromatic amines is 1. The number of anilines is 2. The van der Waals surface area contributed by atoms with E-state index in [0.717, 1.165) is 5.56 Å². The Morgan fingerprint density at radius 2 is 1.96 bits per heavy atom. The zero-order chi connectivity index (χ0) is 19.8. The van der Waals surface area contributed by atoms with E-state index in [9.17, 15) is 20.1 Å². The van der Waals surface area contributed by atoms with Gasteiger partial charge in [0.15, 0.2) is 17.4 Å². The summed E-state index contributed by atoms with van der Waals surface area (Å²) in [6.07, 6.45) is -4.79. The topological polar surface area (TPSA) is 172 Å². The maximum Gasteiger partial charge on any atom is 0.280 e. The van der Waals surface area contributed by atoms with Crippen LogP contribution in [-0.4, -0.2) is 59.8 Å². The van der Waals surface area contributed by atoms with E-state index < -0.39 is 36.7 Å². The molecular weight excluding hydrogens is 368 g/mol. The number of nitrogens with zero attached hydrogens (tertiary/aromatic N) is 3. The van der Waals surface area contributed by atoms with Gasteiger partial charge in [-0.3, -0.25) is 14.3 Å². The van der Waals surface area contributed by atoms with Crippen LogP contribution in [0.4, 0.5) is 11.9 Å². The fraction of sp³-hybridized carbons (Fsp3) is 0.353. The summed E-state index contributed by atoms with van der Waals surface area (Å²) in [5.41, 5.74) is 6.17. The highest BCUT2D eigenvalue weighted by Crippen LogP contribution is 2.34. The van der Waals surface area contributed by atoms with Crippen molar-refractivity contribution in [2.45, 2.75) is 31.1 Å². The van der Waals surface area contributed by atoms with Gasteiger partial charge in [0.1, 0.15) is 18.3 Å². The fourth-order valence-corrected chi connectivity index (χ4v) is 3.24. The maximum absolute atomic E-state index is 12.2. The largest absolute Gasteiger partial charge is 0.394 e. The number of aliphatic hydroxyl groups is 3. The molecule has 3 aromatic rings. The second-order valence-electron chi connectivity index (χ2n) is 6.50. The summed E-state index contributed by atoms with van der Waals surface area (Å²) in [5, 5.41) is 33.0. The number of hydrogen-bond acceptors (Lipinski definition) is 9. The summed E-state index contributed by atoms with van der Waals surface area (Å²) in [6.45, 7) is -0.101. The number of rotatable bonds is 5. The zero-order valence-corrected chi connectivity index (χ0v) is 14.7. The van der Waals surface area contributed by atoms with Crippen molar-refractivity contribution in [1.82, 2.24) is 19.5 Å². The number of benzene rings is 1. The van der Waals surface area contributed by atoms with Crippen molar-refractivity contribution in [1.29, 1.82) is 0 Å². The molecule has 1 aliphatic rings. The molecule has 11 nitrogen and oxygen atoms in total. The number of aliphatic hydroxyl groups excluding tert-OH is 3. The van der Waals surface area contributed by atoms with Gasteiger partial charge in [-0.15, -0.1) is 0 Å². The van der Waals surface area contributed by atoms with Gasteiger partial charge in [0.05, 0.1) is 6.61 Å². The van der Waals surface area contributed by atoms with E-state index >= 15 is 0 Å². The van der Waals surface area contributed by atoms with E-state index in [0.29, 0.717) is 6.54 Å². The molecule has 28 heavy (non-hydrogen) atoms. The number of nitrogens with two attached hydrogens (primary N) is 1. The molecule has 0 amide bonds. The second-order valence-corrected chi connectivity index (χ2v) is 6.50. The van der Waals surface area contributed by atoms with Gasteiger partial charge in [0.25, 0.3) is 5.56 Å². The van der Waals surface area contributed by atoms with E-state index in [1.54, 1.807) is 0 Å². The lowest BCUT2D eigenvalue weighted by Crippen LogP contribution is -2.33. The van der Waals surface area contributed by atoms with E-state index in [1.807, 2.05) is 30.3 Å². The Labute approximate surface area is 158 Å². The molecule has 0 radical (unpaired) electrons. The second kappa shape index (κ2) is 7.20. The van der Waals surface area contributed by atoms with Gasteiger partial charge in [0, 0.05) is 6.54 Å². The number of ether oxygens (including phenoxy) is 1. The predicted molar refractivity (Wildman–Crippen MR) is 99.3 cm³/mol. The van der Waals surface area contributed by atoms with Crippen LogP contribution in [0.2, 0.25) is 0 Å². The van der Waals surface area contributed by atoms with Crippen molar-refractivity contribution in [3.63, 3.8) is 0 Å². The molecular formula is C17H20N6O5. The summed E-state index contributed by atoms with van der Waals surface area (Å²) in [4.78, 5) is 23.0. The molecule has 0 spiro atoms. The van der Waals surface area contributed by atoms with Crippen LogP contribution in [-0.2, 0) is 11.3 Å². The first-order valence-corrected chi connectivity index (χ1v) is 8.67. The normalized spacial score (nSPS) is 24.7. The Morgan fingerprint density at radius 1 is 1.21 bits per heavy atom. The number of nitrogen functional groups attached to an aromatic ring is 1. The molecule has 0 unspecified atom stereocenters. The number of H-pyrrole nitrogens is 1. The van der Waals surface area contributed by atoms with Crippen molar-refractivity contribution < 1.29 is 20.1 Å². The quantitative estimate of drug-likeness (QED) is 0.318. The monoisotopic (exact) mass is 388 g/mol. The van der Waals surface area contributed by atoms with Crippen molar-refractivity contribution >= 4 is 23.1 Å². The number of imidazole rings is 1. The molecule has 1 aliphatic heterocycles. The Hall–Kier alpha value is -2.99. The molecule has 0 bridgehead atoms. The highest BCUT2D eigenvalue weighted by Gasteiger charge is 2.45. The average Bonchev–Trinajstić information content (AvgIpc) is 3.18. The third kappa shape index (κ3) is 3.10. The minimum atomic E-state index is -1.37. The number of fused-ring (bicyclic) bond motifs is 1. The van der Waals surface area contributed by atoms with Crippen LogP contribution >= 0.6 is 0 Å². The highest BCUT2D eigenvalue weighted by atomic mass is 16.6. The van der Waals surface area contributed by atoms with Crippen molar-refractivity contribution in [2.75, 3.05) is 17.7 Å². The molecule has 0 saturated carbocycles. The highest BCUT2D eigenvalue weighted by molar-refractivity contribution is 5.74. The van der Waals surface area contributed by atoms with Crippen molar-refractivity contribution in [2.24, 2.45) is 0 Å². The van der Waals surface area contributed by atoms with Gasteiger partial charge >= 0.3 is 0 Å². The minimum Gasteiger partial charge on any atom is -0.394 e. The Bertz CT molecular complexity index is 1040. The van der Waals surface area contributed by atoms with Gasteiger partial charge in [-0.2, -0.15) is 4.98 Å². The van der Waals surface area contributed by atoms with Crippen LogP contribution < -0.4 is 16.6 Å². The summed E-state index contributed by atoms with van der Waals surface area (Å²) in [5.74, 6) is 0.0808. The van der Waals surface area contributed by atoms with Gasteiger partial charge in [0.2, 0.25) is 11.9 Å². The number of aromatic nitrogens is 4. The van der Waals surface area contributed by atoms with Gasteiger partial charge < -0.3 is 31.1 Å². The molecule has 7 N–H and O–H groups in total. The first kappa shape index (κ1) is 18.4. The Morgan fingerprint density at radius 3 is 2.64 bits per heavy atom. The summed E-state index contributed by atoms with van der Waals surface area (Å²) in [6, 6.07) is 9.49. The smallest absolute Gasteiger partial charge is 0.280 e. The molecule has 4 rings (SSSR count). The summed E-state index contributed by atoms with van der Waals surface area (Å²) >= 11 is 0. The third-order valence-corrected chi connectivity index (χ3v) is 4.63. The first-order chi connectivity index (χ1) is 13.5. The zero-order valence-electron chi connectivity index (χ0n) is 14.7. The Balaban J connectivity index is 1.79. The van der Waals surface area contributed by atoms with Gasteiger partial charge in [-0.25, -0.2) is 4.98 Å². The molecule has 3 heterocycles. The summed E-state index contributed by atoms with van der Waals surface area (Å²) < 4.78 is 6.97. The van der Waals surface area contributed by atoms with Crippen molar-refractivity contribution in [3.05, 3.63) is 46.2 Å². The minimum absolute atomic E-state index is 0.00231.